The predicted molar refractivity (Wildman–Crippen MR) is 56.4 cm³/mol. The maximum absolute atomic E-state index is 13.3. The van der Waals surface area contributed by atoms with Crippen molar-refractivity contribution in [3.63, 3.8) is 0 Å². The molecular weight excluding hydrogens is 209 g/mol. The summed E-state index contributed by atoms with van der Waals surface area (Å²) in [4.78, 5) is 11.5. The first-order valence-corrected chi connectivity index (χ1v) is 5.03. The Morgan fingerprint density at radius 1 is 1.50 bits per heavy atom. The van der Waals surface area contributed by atoms with Gasteiger partial charge in [-0.15, -0.1) is 0 Å². The molecule has 3 nitrogen and oxygen atoms in total. The van der Waals surface area contributed by atoms with Gasteiger partial charge in [0, 0.05) is 0 Å². The summed E-state index contributed by atoms with van der Waals surface area (Å²) in [6, 6.07) is 4.16. The normalized spacial score (nSPS) is 9.62. The van der Waals surface area contributed by atoms with Gasteiger partial charge in [-0.1, -0.05) is 6.92 Å². The molecule has 0 bridgehead atoms. The zero-order valence-electron chi connectivity index (χ0n) is 9.21. The molecule has 0 saturated carbocycles. The number of halogens is 1. The fourth-order valence-electron chi connectivity index (χ4n) is 1.39. The minimum Gasteiger partial charge on any atom is -0.462 e. The van der Waals surface area contributed by atoms with E-state index >= 15 is 0 Å². The number of aryl methyl sites for hydroxylation is 1. The summed E-state index contributed by atoms with van der Waals surface area (Å²) >= 11 is 0. The molecule has 1 aromatic rings. The second kappa shape index (κ2) is 5.26. The zero-order chi connectivity index (χ0) is 12.1. The van der Waals surface area contributed by atoms with Crippen LogP contribution in [0.15, 0.2) is 12.1 Å². The lowest BCUT2D eigenvalue weighted by atomic mass is 10.0. The van der Waals surface area contributed by atoms with E-state index in [0.29, 0.717) is 12.0 Å². The van der Waals surface area contributed by atoms with Gasteiger partial charge >= 0.3 is 5.97 Å². The number of carbonyl (C=O) groups excluding carboxylic acids is 1. The number of esters is 1. The van der Waals surface area contributed by atoms with Gasteiger partial charge in [0.25, 0.3) is 0 Å². The van der Waals surface area contributed by atoms with Gasteiger partial charge in [-0.2, -0.15) is 5.26 Å². The fraction of sp³-hybridized carbons (Fsp3) is 0.333. The smallest absolute Gasteiger partial charge is 0.338 e. The van der Waals surface area contributed by atoms with Crippen LogP contribution in [0, 0.1) is 17.1 Å². The number of hydrogen-bond acceptors (Lipinski definition) is 3. The topological polar surface area (TPSA) is 50.1 Å². The van der Waals surface area contributed by atoms with E-state index in [0.717, 1.165) is 0 Å². The van der Waals surface area contributed by atoms with Crippen molar-refractivity contribution in [2.75, 3.05) is 6.61 Å². The first kappa shape index (κ1) is 12.2. The minimum atomic E-state index is -0.604. The van der Waals surface area contributed by atoms with Crippen LogP contribution in [0.5, 0.6) is 0 Å². The van der Waals surface area contributed by atoms with Crippen LogP contribution < -0.4 is 0 Å². The Balaban J connectivity index is 3.26. The molecule has 0 N–H and O–H groups in total. The third-order valence-corrected chi connectivity index (χ3v) is 2.19. The van der Waals surface area contributed by atoms with Gasteiger partial charge in [-0.25, -0.2) is 9.18 Å². The Morgan fingerprint density at radius 3 is 2.69 bits per heavy atom. The lowest BCUT2D eigenvalue weighted by Gasteiger charge is -2.08. The van der Waals surface area contributed by atoms with E-state index in [1.165, 1.54) is 12.1 Å². The molecule has 0 unspecified atom stereocenters. The quantitative estimate of drug-likeness (QED) is 0.736. The Bertz CT molecular complexity index is 449. The second-order valence-electron chi connectivity index (χ2n) is 3.18. The molecule has 0 saturated heterocycles. The molecule has 0 aromatic heterocycles. The van der Waals surface area contributed by atoms with Crippen LogP contribution in [0.3, 0.4) is 0 Å². The maximum atomic E-state index is 13.3. The third-order valence-electron chi connectivity index (χ3n) is 2.19. The summed E-state index contributed by atoms with van der Waals surface area (Å²) in [6.45, 7) is 3.75. The Labute approximate surface area is 93.5 Å². The van der Waals surface area contributed by atoms with Crippen LogP contribution in [0.1, 0.15) is 35.3 Å². The van der Waals surface area contributed by atoms with Gasteiger partial charge in [0.05, 0.1) is 17.7 Å². The molecule has 0 aliphatic carbocycles. The molecule has 0 aliphatic heterocycles. The summed E-state index contributed by atoms with van der Waals surface area (Å²) in [5.41, 5.74) is 0.678. The first-order chi connectivity index (χ1) is 7.63. The number of carbonyl (C=O) groups is 1. The van der Waals surface area contributed by atoms with E-state index in [1.54, 1.807) is 13.0 Å². The summed E-state index contributed by atoms with van der Waals surface area (Å²) in [5.74, 6) is -1.12. The average molecular weight is 221 g/mol. The van der Waals surface area contributed by atoms with Crippen molar-refractivity contribution in [2.45, 2.75) is 20.3 Å². The van der Waals surface area contributed by atoms with Crippen molar-refractivity contribution in [3.8, 4) is 6.07 Å². The van der Waals surface area contributed by atoms with Crippen molar-refractivity contribution in [2.24, 2.45) is 0 Å². The predicted octanol–water partition coefficient (Wildman–Crippen LogP) is 2.44. The molecule has 0 radical (unpaired) electrons. The van der Waals surface area contributed by atoms with Gasteiger partial charge < -0.3 is 4.74 Å². The van der Waals surface area contributed by atoms with E-state index < -0.39 is 11.8 Å². The van der Waals surface area contributed by atoms with Crippen molar-refractivity contribution < 1.29 is 13.9 Å². The van der Waals surface area contributed by atoms with Crippen molar-refractivity contribution in [3.05, 3.63) is 34.6 Å². The molecule has 0 fully saturated rings. The number of benzene rings is 1. The molecule has 1 rings (SSSR count). The summed E-state index contributed by atoms with van der Waals surface area (Å²) in [6.07, 6.45) is 0.511. The van der Waals surface area contributed by atoms with E-state index in [9.17, 15) is 9.18 Å². The molecule has 0 heterocycles. The maximum Gasteiger partial charge on any atom is 0.338 e. The molecule has 0 atom stereocenters. The van der Waals surface area contributed by atoms with E-state index in [1.807, 2.05) is 6.92 Å². The van der Waals surface area contributed by atoms with Crippen LogP contribution >= 0.6 is 0 Å². The molecule has 84 valence electrons. The first-order valence-electron chi connectivity index (χ1n) is 5.03. The van der Waals surface area contributed by atoms with Crippen LogP contribution in [-0.2, 0) is 11.2 Å². The van der Waals surface area contributed by atoms with Crippen LogP contribution in [0.25, 0.3) is 0 Å². The van der Waals surface area contributed by atoms with Gasteiger partial charge in [-0.05, 0) is 31.0 Å². The molecular formula is C12H12FNO2. The molecule has 0 aliphatic rings. The van der Waals surface area contributed by atoms with Gasteiger partial charge in [0.2, 0.25) is 0 Å². The number of rotatable bonds is 3. The van der Waals surface area contributed by atoms with Gasteiger partial charge in [0.15, 0.2) is 0 Å². The zero-order valence-corrected chi connectivity index (χ0v) is 9.21. The Morgan fingerprint density at radius 2 is 2.19 bits per heavy atom. The monoisotopic (exact) mass is 221 g/mol. The summed E-state index contributed by atoms with van der Waals surface area (Å²) < 4.78 is 18.1. The van der Waals surface area contributed by atoms with E-state index in [-0.39, 0.29) is 17.7 Å². The summed E-state index contributed by atoms with van der Waals surface area (Å²) in [5, 5.41) is 8.68. The number of nitriles is 1. The third kappa shape index (κ3) is 2.37. The van der Waals surface area contributed by atoms with Gasteiger partial charge in [0.1, 0.15) is 11.9 Å². The minimum absolute atomic E-state index is 0.139. The number of ether oxygens (including phenoxy) is 1. The van der Waals surface area contributed by atoms with Crippen molar-refractivity contribution in [1.29, 1.82) is 5.26 Å². The number of nitrogens with zero attached hydrogens (tertiary/aromatic N) is 1. The highest BCUT2D eigenvalue weighted by atomic mass is 19.1. The highest BCUT2D eigenvalue weighted by Crippen LogP contribution is 2.17. The second-order valence-corrected chi connectivity index (χ2v) is 3.18. The molecule has 0 spiro atoms. The van der Waals surface area contributed by atoms with E-state index in [2.05, 4.69) is 0 Å². The number of hydrogen-bond donors (Lipinski definition) is 0. The molecule has 16 heavy (non-hydrogen) atoms. The van der Waals surface area contributed by atoms with Crippen LogP contribution in [-0.4, -0.2) is 12.6 Å². The largest absolute Gasteiger partial charge is 0.462 e. The standard InChI is InChI=1S/C12H12FNO2/c1-3-8-6-11(13)9(7-14)5-10(8)12(15)16-4-2/h5-6H,3-4H2,1-2H3. The fourth-order valence-corrected chi connectivity index (χ4v) is 1.39. The average Bonchev–Trinajstić information content (AvgIpc) is 2.28. The Kier molecular flexibility index (Phi) is 4.01. The van der Waals surface area contributed by atoms with Crippen LogP contribution in [0.2, 0.25) is 0 Å². The molecule has 1 aromatic carbocycles. The van der Waals surface area contributed by atoms with Crippen molar-refractivity contribution >= 4 is 5.97 Å². The van der Waals surface area contributed by atoms with E-state index in [4.69, 9.17) is 10.00 Å². The SMILES string of the molecule is CCOC(=O)c1cc(C#N)c(F)cc1CC. The van der Waals surface area contributed by atoms with Crippen molar-refractivity contribution in [1.82, 2.24) is 0 Å². The van der Waals surface area contributed by atoms with Gasteiger partial charge in [-0.3, -0.25) is 0 Å². The summed E-state index contributed by atoms with van der Waals surface area (Å²) in [7, 11) is 0. The highest BCUT2D eigenvalue weighted by molar-refractivity contribution is 5.91. The molecule has 4 heteroatoms. The Hall–Kier alpha value is -1.89. The van der Waals surface area contributed by atoms with Crippen LogP contribution in [0.4, 0.5) is 4.39 Å². The molecule has 0 amide bonds. The lowest BCUT2D eigenvalue weighted by molar-refractivity contribution is 0.0525. The lowest BCUT2D eigenvalue weighted by Crippen LogP contribution is -2.09. The highest BCUT2D eigenvalue weighted by Gasteiger charge is 2.15.